The van der Waals surface area contributed by atoms with Crippen molar-refractivity contribution in [1.29, 1.82) is 0 Å². The molecule has 3 aromatic rings. The van der Waals surface area contributed by atoms with Gasteiger partial charge in [-0.3, -0.25) is 0 Å². The molecule has 19 heavy (non-hydrogen) atoms. The zero-order valence-corrected chi connectivity index (χ0v) is 11.6. The standard InChI is InChI=1S/C15H12BrNO2/c16-11-4-6-12(7-5-11)19-9-10-8-17-13-2-1-3-14(18)15(10)13/h1-8,17-18H,9H2. The zero-order chi connectivity index (χ0) is 13.2. The van der Waals surface area contributed by atoms with E-state index in [9.17, 15) is 5.11 Å². The quantitative estimate of drug-likeness (QED) is 0.759. The lowest BCUT2D eigenvalue weighted by Crippen LogP contribution is -1.94. The smallest absolute Gasteiger partial charge is 0.125 e. The Bertz CT molecular complexity index is 704. The molecule has 0 bridgehead atoms. The van der Waals surface area contributed by atoms with Crippen LogP contribution in [0.5, 0.6) is 11.5 Å². The van der Waals surface area contributed by atoms with Crippen LogP contribution in [0.3, 0.4) is 0 Å². The van der Waals surface area contributed by atoms with Crippen LogP contribution in [-0.4, -0.2) is 10.1 Å². The highest BCUT2D eigenvalue weighted by molar-refractivity contribution is 9.10. The van der Waals surface area contributed by atoms with Crippen LogP contribution in [0.25, 0.3) is 10.9 Å². The number of phenols is 1. The molecular weight excluding hydrogens is 306 g/mol. The van der Waals surface area contributed by atoms with E-state index in [-0.39, 0.29) is 5.75 Å². The van der Waals surface area contributed by atoms with Gasteiger partial charge in [0.25, 0.3) is 0 Å². The molecule has 0 radical (unpaired) electrons. The molecule has 4 heteroatoms. The molecule has 0 aliphatic rings. The van der Waals surface area contributed by atoms with Crippen LogP contribution < -0.4 is 4.74 Å². The Balaban J connectivity index is 1.84. The van der Waals surface area contributed by atoms with Crippen LogP contribution in [0.15, 0.2) is 53.1 Å². The Kier molecular flexibility index (Phi) is 3.17. The number of halogens is 1. The van der Waals surface area contributed by atoms with Crippen molar-refractivity contribution in [3.63, 3.8) is 0 Å². The van der Waals surface area contributed by atoms with E-state index in [1.54, 1.807) is 6.07 Å². The van der Waals surface area contributed by atoms with Crippen molar-refractivity contribution in [3.8, 4) is 11.5 Å². The second-order valence-corrected chi connectivity index (χ2v) is 5.17. The fraction of sp³-hybridized carbons (Fsp3) is 0.0667. The van der Waals surface area contributed by atoms with Crippen molar-refractivity contribution in [2.24, 2.45) is 0 Å². The number of ether oxygens (including phenoxy) is 1. The van der Waals surface area contributed by atoms with Crippen LogP contribution >= 0.6 is 15.9 Å². The Morgan fingerprint density at radius 3 is 2.68 bits per heavy atom. The number of rotatable bonds is 3. The molecule has 0 saturated carbocycles. The second kappa shape index (κ2) is 4.97. The minimum Gasteiger partial charge on any atom is -0.507 e. The maximum absolute atomic E-state index is 9.89. The van der Waals surface area contributed by atoms with Gasteiger partial charge < -0.3 is 14.8 Å². The Hall–Kier alpha value is -1.94. The summed E-state index contributed by atoms with van der Waals surface area (Å²) in [6.07, 6.45) is 1.86. The first-order chi connectivity index (χ1) is 9.24. The van der Waals surface area contributed by atoms with Gasteiger partial charge in [-0.25, -0.2) is 0 Å². The van der Waals surface area contributed by atoms with Gasteiger partial charge in [-0.2, -0.15) is 0 Å². The summed E-state index contributed by atoms with van der Waals surface area (Å²) in [6.45, 7) is 0.416. The summed E-state index contributed by atoms with van der Waals surface area (Å²) in [7, 11) is 0. The number of fused-ring (bicyclic) bond motifs is 1. The molecule has 96 valence electrons. The highest BCUT2D eigenvalue weighted by atomic mass is 79.9. The third-order valence-electron chi connectivity index (χ3n) is 2.97. The summed E-state index contributed by atoms with van der Waals surface area (Å²) >= 11 is 3.38. The Morgan fingerprint density at radius 2 is 1.89 bits per heavy atom. The van der Waals surface area contributed by atoms with Gasteiger partial charge in [0.2, 0.25) is 0 Å². The van der Waals surface area contributed by atoms with Crippen LogP contribution in [-0.2, 0) is 6.61 Å². The van der Waals surface area contributed by atoms with E-state index in [0.717, 1.165) is 26.7 Å². The number of benzene rings is 2. The predicted molar refractivity (Wildman–Crippen MR) is 78.4 cm³/mol. The Labute approximate surface area is 119 Å². The third-order valence-corrected chi connectivity index (χ3v) is 3.50. The van der Waals surface area contributed by atoms with E-state index in [4.69, 9.17) is 4.74 Å². The lowest BCUT2D eigenvalue weighted by molar-refractivity contribution is 0.307. The molecule has 1 aromatic heterocycles. The van der Waals surface area contributed by atoms with E-state index >= 15 is 0 Å². The molecule has 0 saturated heterocycles. The molecule has 2 aromatic carbocycles. The number of phenolic OH excluding ortho intramolecular Hbond substituents is 1. The topological polar surface area (TPSA) is 45.2 Å². The van der Waals surface area contributed by atoms with Gasteiger partial charge in [0.1, 0.15) is 18.1 Å². The van der Waals surface area contributed by atoms with Crippen LogP contribution in [0.2, 0.25) is 0 Å². The molecule has 0 spiro atoms. The third kappa shape index (κ3) is 2.44. The largest absolute Gasteiger partial charge is 0.507 e. The van der Waals surface area contributed by atoms with Gasteiger partial charge in [0.05, 0.1) is 0 Å². The SMILES string of the molecule is Oc1cccc2[nH]cc(COc3ccc(Br)cc3)c12. The molecular formula is C15H12BrNO2. The van der Waals surface area contributed by atoms with Crippen molar-refractivity contribution in [2.45, 2.75) is 6.61 Å². The molecule has 2 N–H and O–H groups in total. The summed E-state index contributed by atoms with van der Waals surface area (Å²) in [5.74, 6) is 1.07. The van der Waals surface area contributed by atoms with Gasteiger partial charge in [-0.05, 0) is 36.4 Å². The van der Waals surface area contributed by atoms with Crippen LogP contribution in [0, 0.1) is 0 Å². The van der Waals surface area contributed by atoms with Crippen molar-refractivity contribution < 1.29 is 9.84 Å². The lowest BCUT2D eigenvalue weighted by atomic mass is 10.1. The van der Waals surface area contributed by atoms with Gasteiger partial charge >= 0.3 is 0 Å². The lowest BCUT2D eigenvalue weighted by Gasteiger charge is -2.06. The minimum atomic E-state index is 0.271. The average molecular weight is 318 g/mol. The van der Waals surface area contributed by atoms with E-state index < -0.39 is 0 Å². The zero-order valence-electron chi connectivity index (χ0n) is 10.1. The summed E-state index contributed by atoms with van der Waals surface area (Å²) in [5, 5.41) is 10.7. The van der Waals surface area contributed by atoms with E-state index in [1.807, 2.05) is 42.6 Å². The normalized spacial score (nSPS) is 10.8. The van der Waals surface area contributed by atoms with Crippen LogP contribution in [0.1, 0.15) is 5.56 Å². The number of hydrogen-bond acceptors (Lipinski definition) is 2. The average Bonchev–Trinajstić information content (AvgIpc) is 2.83. The summed E-state index contributed by atoms with van der Waals surface area (Å²) in [5.41, 5.74) is 1.85. The molecule has 1 heterocycles. The first kappa shape index (κ1) is 12.1. The van der Waals surface area contributed by atoms with Crippen molar-refractivity contribution in [2.75, 3.05) is 0 Å². The molecule has 3 rings (SSSR count). The van der Waals surface area contributed by atoms with Gasteiger partial charge in [0, 0.05) is 27.1 Å². The molecule has 0 atom stereocenters. The first-order valence-corrected chi connectivity index (χ1v) is 6.69. The molecule has 0 unspecified atom stereocenters. The molecule has 0 fully saturated rings. The fourth-order valence-electron chi connectivity index (χ4n) is 2.04. The van der Waals surface area contributed by atoms with Gasteiger partial charge in [-0.15, -0.1) is 0 Å². The monoisotopic (exact) mass is 317 g/mol. The van der Waals surface area contributed by atoms with Crippen molar-refractivity contribution in [3.05, 3.63) is 58.7 Å². The Morgan fingerprint density at radius 1 is 1.11 bits per heavy atom. The number of nitrogens with one attached hydrogen (secondary N) is 1. The number of aromatic nitrogens is 1. The predicted octanol–water partition coefficient (Wildman–Crippen LogP) is 4.22. The van der Waals surface area contributed by atoms with Crippen LogP contribution in [0.4, 0.5) is 0 Å². The van der Waals surface area contributed by atoms with E-state index in [1.165, 1.54) is 0 Å². The number of aromatic hydroxyl groups is 1. The van der Waals surface area contributed by atoms with E-state index in [2.05, 4.69) is 20.9 Å². The fourth-order valence-corrected chi connectivity index (χ4v) is 2.30. The maximum atomic E-state index is 9.89. The van der Waals surface area contributed by atoms with Crippen molar-refractivity contribution >= 4 is 26.8 Å². The molecule has 3 nitrogen and oxygen atoms in total. The summed E-state index contributed by atoms with van der Waals surface area (Å²) < 4.78 is 6.73. The summed E-state index contributed by atoms with van der Waals surface area (Å²) in [6, 6.07) is 13.1. The number of H-pyrrole nitrogens is 1. The second-order valence-electron chi connectivity index (χ2n) is 4.26. The highest BCUT2D eigenvalue weighted by Gasteiger charge is 2.08. The van der Waals surface area contributed by atoms with Gasteiger partial charge in [-0.1, -0.05) is 22.0 Å². The van der Waals surface area contributed by atoms with Gasteiger partial charge in [0.15, 0.2) is 0 Å². The first-order valence-electron chi connectivity index (χ1n) is 5.90. The minimum absolute atomic E-state index is 0.271. The molecule has 0 aliphatic heterocycles. The number of aromatic amines is 1. The maximum Gasteiger partial charge on any atom is 0.125 e. The molecule has 0 aliphatic carbocycles. The van der Waals surface area contributed by atoms with E-state index in [0.29, 0.717) is 6.61 Å². The number of hydrogen-bond donors (Lipinski definition) is 2. The molecule has 0 amide bonds. The summed E-state index contributed by atoms with van der Waals surface area (Å²) in [4.78, 5) is 3.13. The highest BCUT2D eigenvalue weighted by Crippen LogP contribution is 2.28. The van der Waals surface area contributed by atoms with Crippen molar-refractivity contribution in [1.82, 2.24) is 4.98 Å².